The van der Waals surface area contributed by atoms with Gasteiger partial charge in [0.25, 0.3) is 0 Å². The Hall–Kier alpha value is -1.62. The van der Waals surface area contributed by atoms with Crippen LogP contribution in [0, 0.1) is 0 Å². The van der Waals surface area contributed by atoms with E-state index in [0.717, 1.165) is 23.7 Å². The van der Waals surface area contributed by atoms with Crippen LogP contribution in [0.25, 0.3) is 0 Å². The Morgan fingerprint density at radius 2 is 2.41 bits per heavy atom. The van der Waals surface area contributed by atoms with Gasteiger partial charge in [0.1, 0.15) is 5.82 Å². The molecule has 0 bridgehead atoms. The van der Waals surface area contributed by atoms with Gasteiger partial charge in [0, 0.05) is 17.5 Å². The number of amides is 1. The normalized spacial score (nSPS) is 10.4. The third kappa shape index (κ3) is 3.17. The minimum absolute atomic E-state index is 0.00491. The molecule has 0 aromatic carbocycles. The van der Waals surface area contributed by atoms with Crippen LogP contribution < -0.4 is 5.32 Å². The lowest BCUT2D eigenvalue weighted by Crippen LogP contribution is -2.17. The maximum Gasteiger partial charge on any atom is 0.230 e. The maximum atomic E-state index is 11.8. The van der Waals surface area contributed by atoms with Gasteiger partial charge in [0.05, 0.1) is 12.6 Å². The fourth-order valence-corrected chi connectivity index (χ4v) is 2.29. The summed E-state index contributed by atoms with van der Waals surface area (Å²) in [5.41, 5.74) is 0. The van der Waals surface area contributed by atoms with Gasteiger partial charge >= 0.3 is 0 Å². The summed E-state index contributed by atoms with van der Waals surface area (Å²) >= 11 is 1.60. The fourth-order valence-electron chi connectivity index (χ4n) is 1.59. The molecular weight excluding hydrogens is 234 g/mol. The fraction of sp³-hybridized carbons (Fsp3) is 0.333. The molecule has 90 valence electrons. The van der Waals surface area contributed by atoms with Crippen LogP contribution in [-0.4, -0.2) is 15.7 Å². The van der Waals surface area contributed by atoms with Crippen molar-refractivity contribution < 1.29 is 4.79 Å². The number of rotatable bonds is 5. The predicted octanol–water partition coefficient (Wildman–Crippen LogP) is 2.54. The lowest BCUT2D eigenvalue weighted by Gasteiger charge is -2.07. The molecule has 0 aliphatic heterocycles. The van der Waals surface area contributed by atoms with Gasteiger partial charge in [-0.3, -0.25) is 4.79 Å². The molecule has 0 atom stereocenters. The maximum absolute atomic E-state index is 11.8. The van der Waals surface area contributed by atoms with E-state index in [1.54, 1.807) is 17.5 Å². The molecular formula is C12H15N3OS. The van der Waals surface area contributed by atoms with Crippen molar-refractivity contribution in [2.24, 2.45) is 0 Å². The highest BCUT2D eigenvalue weighted by Crippen LogP contribution is 2.11. The van der Waals surface area contributed by atoms with Crippen molar-refractivity contribution in [3.8, 4) is 0 Å². The number of carbonyl (C=O) groups is 1. The van der Waals surface area contributed by atoms with E-state index in [1.807, 2.05) is 28.3 Å². The van der Waals surface area contributed by atoms with Crippen LogP contribution in [0.4, 0.5) is 5.82 Å². The van der Waals surface area contributed by atoms with E-state index in [9.17, 15) is 4.79 Å². The van der Waals surface area contributed by atoms with Gasteiger partial charge in [-0.2, -0.15) is 5.10 Å². The van der Waals surface area contributed by atoms with Gasteiger partial charge in [-0.25, -0.2) is 4.68 Å². The van der Waals surface area contributed by atoms with Crippen LogP contribution in [-0.2, 0) is 17.8 Å². The molecule has 5 heteroatoms. The molecule has 1 N–H and O–H groups in total. The molecule has 0 saturated heterocycles. The molecule has 2 aromatic heterocycles. The number of carbonyl (C=O) groups excluding carboxylic acids is 1. The van der Waals surface area contributed by atoms with Gasteiger partial charge in [0.2, 0.25) is 5.91 Å². The topological polar surface area (TPSA) is 46.9 Å². The highest BCUT2D eigenvalue weighted by Gasteiger charge is 2.08. The molecule has 2 rings (SSSR count). The van der Waals surface area contributed by atoms with Crippen LogP contribution in [0.2, 0.25) is 0 Å². The van der Waals surface area contributed by atoms with Gasteiger partial charge in [0.15, 0.2) is 0 Å². The van der Waals surface area contributed by atoms with Gasteiger partial charge < -0.3 is 5.32 Å². The highest BCUT2D eigenvalue weighted by atomic mass is 32.1. The number of nitrogens with zero attached hydrogens (tertiary/aromatic N) is 2. The third-order valence-corrected chi connectivity index (χ3v) is 3.21. The zero-order valence-electron chi connectivity index (χ0n) is 9.72. The molecule has 1 amide bonds. The van der Waals surface area contributed by atoms with Crippen molar-refractivity contribution in [3.63, 3.8) is 0 Å². The van der Waals surface area contributed by atoms with E-state index in [1.165, 1.54) is 0 Å². The monoisotopic (exact) mass is 249 g/mol. The summed E-state index contributed by atoms with van der Waals surface area (Å²) in [5, 5.41) is 9.02. The Kier molecular flexibility index (Phi) is 3.93. The van der Waals surface area contributed by atoms with Crippen molar-refractivity contribution in [1.29, 1.82) is 0 Å². The van der Waals surface area contributed by atoms with E-state index in [2.05, 4.69) is 17.3 Å². The predicted molar refractivity (Wildman–Crippen MR) is 69.2 cm³/mol. The Morgan fingerprint density at radius 1 is 1.53 bits per heavy atom. The number of aromatic nitrogens is 2. The van der Waals surface area contributed by atoms with Crippen LogP contribution in [0.1, 0.15) is 18.2 Å². The van der Waals surface area contributed by atoms with Crippen molar-refractivity contribution >= 4 is 23.1 Å². The minimum Gasteiger partial charge on any atom is -0.311 e. The van der Waals surface area contributed by atoms with Crippen LogP contribution in [0.15, 0.2) is 29.8 Å². The second-order valence-electron chi connectivity index (χ2n) is 3.74. The number of nitrogens with one attached hydrogen (secondary N) is 1. The SMILES string of the molecule is CCCn1nccc1NC(=O)Cc1cccs1. The van der Waals surface area contributed by atoms with Gasteiger partial charge in [-0.1, -0.05) is 13.0 Å². The third-order valence-electron chi connectivity index (χ3n) is 2.33. The Balaban J connectivity index is 1.95. The largest absolute Gasteiger partial charge is 0.311 e. The molecule has 17 heavy (non-hydrogen) atoms. The average molecular weight is 249 g/mol. The second-order valence-corrected chi connectivity index (χ2v) is 4.78. The molecule has 0 unspecified atom stereocenters. The molecule has 0 spiro atoms. The molecule has 4 nitrogen and oxygen atoms in total. The van der Waals surface area contributed by atoms with Crippen molar-refractivity contribution in [2.45, 2.75) is 26.3 Å². The summed E-state index contributed by atoms with van der Waals surface area (Å²) in [6, 6.07) is 5.74. The zero-order valence-corrected chi connectivity index (χ0v) is 10.5. The Morgan fingerprint density at radius 3 is 3.12 bits per heavy atom. The number of thiophene rings is 1. The Bertz CT molecular complexity index is 476. The van der Waals surface area contributed by atoms with Crippen LogP contribution in [0.5, 0.6) is 0 Å². The van der Waals surface area contributed by atoms with E-state index >= 15 is 0 Å². The first-order valence-corrected chi connectivity index (χ1v) is 6.51. The van der Waals surface area contributed by atoms with Gasteiger partial charge in [-0.15, -0.1) is 11.3 Å². The number of hydrogen-bond donors (Lipinski definition) is 1. The summed E-state index contributed by atoms with van der Waals surface area (Å²) in [4.78, 5) is 12.9. The van der Waals surface area contributed by atoms with Crippen molar-refractivity contribution in [1.82, 2.24) is 9.78 Å². The molecule has 0 radical (unpaired) electrons. The van der Waals surface area contributed by atoms with E-state index in [-0.39, 0.29) is 5.91 Å². The van der Waals surface area contributed by atoms with E-state index in [4.69, 9.17) is 0 Å². The first-order valence-electron chi connectivity index (χ1n) is 5.63. The van der Waals surface area contributed by atoms with Crippen LogP contribution in [0.3, 0.4) is 0 Å². The lowest BCUT2D eigenvalue weighted by atomic mass is 10.3. The number of anilines is 1. The zero-order chi connectivity index (χ0) is 12.1. The van der Waals surface area contributed by atoms with Crippen LogP contribution >= 0.6 is 11.3 Å². The molecule has 2 aromatic rings. The Labute approximate surface area is 104 Å². The van der Waals surface area contributed by atoms with E-state index in [0.29, 0.717) is 6.42 Å². The molecule has 2 heterocycles. The summed E-state index contributed by atoms with van der Waals surface area (Å²) in [5.74, 6) is 0.777. The molecule has 0 aliphatic rings. The molecule has 0 aliphatic carbocycles. The summed E-state index contributed by atoms with van der Waals surface area (Å²) in [6.07, 6.45) is 3.13. The summed E-state index contributed by atoms with van der Waals surface area (Å²) in [7, 11) is 0. The molecule has 0 saturated carbocycles. The quantitative estimate of drug-likeness (QED) is 0.885. The minimum atomic E-state index is 0.00491. The number of aryl methyl sites for hydroxylation is 1. The summed E-state index contributed by atoms with van der Waals surface area (Å²) < 4.78 is 1.81. The standard InChI is InChI=1S/C12H15N3OS/c1-2-7-15-11(5-6-13-15)14-12(16)9-10-4-3-8-17-10/h3-6,8H,2,7,9H2,1H3,(H,14,16). The lowest BCUT2D eigenvalue weighted by molar-refractivity contribution is -0.115. The highest BCUT2D eigenvalue weighted by molar-refractivity contribution is 7.10. The second kappa shape index (κ2) is 5.63. The van der Waals surface area contributed by atoms with Crippen molar-refractivity contribution in [3.05, 3.63) is 34.7 Å². The molecule has 0 fully saturated rings. The smallest absolute Gasteiger partial charge is 0.230 e. The van der Waals surface area contributed by atoms with Gasteiger partial charge in [-0.05, 0) is 17.9 Å². The first kappa shape index (κ1) is 11.9. The first-order chi connectivity index (χ1) is 8.29. The van der Waals surface area contributed by atoms with E-state index < -0.39 is 0 Å². The summed E-state index contributed by atoms with van der Waals surface area (Å²) in [6.45, 7) is 2.90. The van der Waals surface area contributed by atoms with Crippen molar-refractivity contribution in [2.75, 3.05) is 5.32 Å². The number of hydrogen-bond acceptors (Lipinski definition) is 3. The average Bonchev–Trinajstić information content (AvgIpc) is 2.92.